The van der Waals surface area contributed by atoms with Gasteiger partial charge in [-0.15, -0.1) is 0 Å². The predicted octanol–water partition coefficient (Wildman–Crippen LogP) is 4.65. The Labute approximate surface area is 126 Å². The molecule has 0 fully saturated rings. The monoisotopic (exact) mass is 388 g/mol. The van der Waals surface area contributed by atoms with Crippen LogP contribution in [0.1, 0.15) is 5.56 Å². The topological polar surface area (TPSA) is 17.8 Å². The summed E-state index contributed by atoms with van der Waals surface area (Å²) in [5.74, 6) is 0. The lowest BCUT2D eigenvalue weighted by molar-refractivity contribution is -0.137. The number of aromatic nitrogens is 2. The van der Waals surface area contributed by atoms with E-state index in [1.165, 1.54) is 12.1 Å². The molecule has 0 saturated heterocycles. The Morgan fingerprint density at radius 1 is 0.950 bits per heavy atom. The number of halogens is 4. The standard InChI is InChI=1S/C14H8F3IN2/c15-14(16,17)9-5-7-10(8-6-9)20-12-4-2-1-3-11(12)13(18)19-20/h1-8H. The number of fused-ring (bicyclic) bond motifs is 1. The van der Waals surface area contributed by atoms with E-state index in [9.17, 15) is 13.2 Å². The van der Waals surface area contributed by atoms with Crippen LogP contribution in [-0.2, 0) is 6.18 Å². The van der Waals surface area contributed by atoms with Gasteiger partial charge in [-0.3, -0.25) is 0 Å². The molecule has 3 aromatic rings. The second kappa shape index (κ2) is 4.76. The minimum absolute atomic E-state index is 0.608. The first-order valence-corrected chi connectivity index (χ1v) is 6.85. The molecule has 0 amide bonds. The molecule has 2 aromatic carbocycles. The Morgan fingerprint density at radius 3 is 2.25 bits per heavy atom. The number of nitrogens with zero attached hydrogens (tertiary/aromatic N) is 2. The van der Waals surface area contributed by atoms with E-state index in [4.69, 9.17) is 0 Å². The number of rotatable bonds is 1. The van der Waals surface area contributed by atoms with Gasteiger partial charge in [0.15, 0.2) is 0 Å². The summed E-state index contributed by atoms with van der Waals surface area (Å²) in [6.07, 6.45) is -4.32. The SMILES string of the molecule is FC(F)(F)c1ccc(-n2nc(I)c3ccccc32)cc1. The fourth-order valence-corrected chi connectivity index (χ4v) is 2.69. The van der Waals surface area contributed by atoms with Gasteiger partial charge in [-0.05, 0) is 52.9 Å². The highest BCUT2D eigenvalue weighted by Crippen LogP contribution is 2.30. The van der Waals surface area contributed by atoms with E-state index in [2.05, 4.69) is 27.7 Å². The highest BCUT2D eigenvalue weighted by atomic mass is 127. The molecule has 6 heteroatoms. The zero-order chi connectivity index (χ0) is 14.3. The zero-order valence-electron chi connectivity index (χ0n) is 10.0. The van der Waals surface area contributed by atoms with Crippen LogP contribution in [0.4, 0.5) is 13.2 Å². The molecule has 1 aromatic heterocycles. The summed E-state index contributed by atoms with van der Waals surface area (Å²) in [6.45, 7) is 0. The molecule has 3 rings (SSSR count). The van der Waals surface area contributed by atoms with Crippen molar-refractivity contribution in [2.24, 2.45) is 0 Å². The first kappa shape index (κ1) is 13.4. The number of benzene rings is 2. The largest absolute Gasteiger partial charge is 0.416 e. The molecule has 0 aliphatic rings. The van der Waals surface area contributed by atoms with Gasteiger partial charge in [-0.25, -0.2) is 4.68 Å². The fourth-order valence-electron chi connectivity index (χ4n) is 2.02. The van der Waals surface area contributed by atoms with Gasteiger partial charge in [0.05, 0.1) is 16.8 Å². The van der Waals surface area contributed by atoms with Crippen LogP contribution < -0.4 is 0 Å². The third-order valence-corrected chi connectivity index (χ3v) is 3.78. The first-order chi connectivity index (χ1) is 9.47. The molecule has 0 spiro atoms. The maximum atomic E-state index is 12.6. The van der Waals surface area contributed by atoms with Crippen molar-refractivity contribution in [1.29, 1.82) is 0 Å². The summed E-state index contributed by atoms with van der Waals surface area (Å²) in [5, 5.41) is 5.35. The summed E-state index contributed by atoms with van der Waals surface area (Å²) >= 11 is 2.11. The normalized spacial score (nSPS) is 12.0. The molecular formula is C14H8F3IN2. The van der Waals surface area contributed by atoms with Crippen LogP contribution in [0.2, 0.25) is 0 Å². The van der Waals surface area contributed by atoms with Crippen molar-refractivity contribution >= 4 is 33.5 Å². The molecule has 0 aliphatic carbocycles. The molecule has 0 atom stereocenters. The molecule has 102 valence electrons. The van der Waals surface area contributed by atoms with Crippen molar-refractivity contribution in [2.75, 3.05) is 0 Å². The lowest BCUT2D eigenvalue weighted by atomic mass is 10.2. The Bertz CT molecular complexity index is 760. The highest BCUT2D eigenvalue weighted by molar-refractivity contribution is 14.1. The van der Waals surface area contributed by atoms with Crippen LogP contribution in [-0.4, -0.2) is 9.78 Å². The Kier molecular flexibility index (Phi) is 3.19. The molecule has 0 aliphatic heterocycles. The van der Waals surface area contributed by atoms with Gasteiger partial charge < -0.3 is 0 Å². The maximum Gasteiger partial charge on any atom is 0.416 e. The number of hydrogen-bond donors (Lipinski definition) is 0. The molecule has 0 saturated carbocycles. The van der Waals surface area contributed by atoms with E-state index in [0.29, 0.717) is 5.69 Å². The van der Waals surface area contributed by atoms with Crippen LogP contribution >= 0.6 is 22.6 Å². The number of alkyl halides is 3. The van der Waals surface area contributed by atoms with E-state index in [-0.39, 0.29) is 0 Å². The lowest BCUT2D eigenvalue weighted by Crippen LogP contribution is -2.05. The smallest absolute Gasteiger partial charge is 0.232 e. The van der Waals surface area contributed by atoms with E-state index in [0.717, 1.165) is 26.7 Å². The quantitative estimate of drug-likeness (QED) is 0.555. The van der Waals surface area contributed by atoms with Gasteiger partial charge in [-0.2, -0.15) is 18.3 Å². The summed E-state index contributed by atoms with van der Waals surface area (Å²) in [7, 11) is 0. The molecule has 2 nitrogen and oxygen atoms in total. The van der Waals surface area contributed by atoms with Gasteiger partial charge in [0, 0.05) is 5.39 Å². The second-order valence-electron chi connectivity index (χ2n) is 4.26. The van der Waals surface area contributed by atoms with E-state index in [1.807, 2.05) is 24.3 Å². The van der Waals surface area contributed by atoms with Crippen LogP contribution in [0.15, 0.2) is 48.5 Å². The average molecular weight is 388 g/mol. The molecule has 0 radical (unpaired) electrons. The van der Waals surface area contributed by atoms with Gasteiger partial charge in [-0.1, -0.05) is 18.2 Å². The minimum atomic E-state index is -4.32. The molecule has 20 heavy (non-hydrogen) atoms. The van der Waals surface area contributed by atoms with Crippen LogP contribution in [0.3, 0.4) is 0 Å². The first-order valence-electron chi connectivity index (χ1n) is 5.78. The highest BCUT2D eigenvalue weighted by Gasteiger charge is 2.30. The third-order valence-electron chi connectivity index (χ3n) is 2.98. The van der Waals surface area contributed by atoms with Gasteiger partial charge >= 0.3 is 6.18 Å². The summed E-state index contributed by atoms with van der Waals surface area (Å²) < 4.78 is 40.1. The van der Waals surface area contributed by atoms with E-state index >= 15 is 0 Å². The summed E-state index contributed by atoms with van der Waals surface area (Å²) in [5.41, 5.74) is 0.821. The van der Waals surface area contributed by atoms with E-state index in [1.54, 1.807) is 4.68 Å². The molecule has 0 bridgehead atoms. The second-order valence-corrected chi connectivity index (χ2v) is 5.29. The van der Waals surface area contributed by atoms with Crippen LogP contribution in [0.5, 0.6) is 0 Å². The van der Waals surface area contributed by atoms with Crippen molar-refractivity contribution in [3.63, 3.8) is 0 Å². The van der Waals surface area contributed by atoms with Gasteiger partial charge in [0.2, 0.25) is 0 Å². The zero-order valence-corrected chi connectivity index (χ0v) is 12.2. The fraction of sp³-hybridized carbons (Fsp3) is 0.0714. The average Bonchev–Trinajstić information content (AvgIpc) is 2.76. The predicted molar refractivity (Wildman–Crippen MR) is 78.8 cm³/mol. The third kappa shape index (κ3) is 2.28. The molecule has 0 N–H and O–H groups in total. The summed E-state index contributed by atoms with van der Waals surface area (Å²) in [6, 6.07) is 12.6. The number of para-hydroxylation sites is 1. The van der Waals surface area contributed by atoms with Gasteiger partial charge in [0.1, 0.15) is 3.70 Å². The maximum absolute atomic E-state index is 12.6. The molecular weight excluding hydrogens is 380 g/mol. The van der Waals surface area contributed by atoms with E-state index < -0.39 is 11.7 Å². The molecule has 0 unspecified atom stereocenters. The van der Waals surface area contributed by atoms with Crippen LogP contribution in [0.25, 0.3) is 16.6 Å². The van der Waals surface area contributed by atoms with Crippen molar-refractivity contribution < 1.29 is 13.2 Å². The van der Waals surface area contributed by atoms with Crippen molar-refractivity contribution in [2.45, 2.75) is 6.18 Å². The number of hydrogen-bond acceptors (Lipinski definition) is 1. The Morgan fingerprint density at radius 2 is 1.60 bits per heavy atom. The van der Waals surface area contributed by atoms with Crippen LogP contribution in [0, 0.1) is 3.70 Å². The van der Waals surface area contributed by atoms with Crippen molar-refractivity contribution in [1.82, 2.24) is 9.78 Å². The minimum Gasteiger partial charge on any atom is -0.232 e. The Balaban J connectivity index is 2.12. The lowest BCUT2D eigenvalue weighted by Gasteiger charge is -2.08. The summed E-state index contributed by atoms with van der Waals surface area (Å²) in [4.78, 5) is 0. The van der Waals surface area contributed by atoms with Gasteiger partial charge in [0.25, 0.3) is 0 Å². The van der Waals surface area contributed by atoms with Crippen molar-refractivity contribution in [3.05, 3.63) is 57.8 Å². The Hall–Kier alpha value is -1.57. The molecule has 1 heterocycles. The van der Waals surface area contributed by atoms with Crippen molar-refractivity contribution in [3.8, 4) is 5.69 Å².